The summed E-state index contributed by atoms with van der Waals surface area (Å²) < 4.78 is 10.9. The molecule has 148 valence electrons. The van der Waals surface area contributed by atoms with Gasteiger partial charge in [-0.3, -0.25) is 9.59 Å². The molecule has 7 nitrogen and oxygen atoms in total. The summed E-state index contributed by atoms with van der Waals surface area (Å²) in [5.74, 6) is -1.23. The maximum atomic E-state index is 11.9. The summed E-state index contributed by atoms with van der Waals surface area (Å²) in [7, 11) is 0. The smallest absolute Gasteiger partial charge is 0.344 e. The number of esters is 1. The Morgan fingerprint density at radius 2 is 1.75 bits per heavy atom. The molecule has 0 atom stereocenters. The molecule has 0 saturated carbocycles. The van der Waals surface area contributed by atoms with E-state index in [1.165, 1.54) is 0 Å². The molecule has 0 aromatic heterocycles. The van der Waals surface area contributed by atoms with Crippen LogP contribution in [0.1, 0.15) is 5.56 Å². The van der Waals surface area contributed by atoms with Crippen LogP contribution in [0.3, 0.4) is 0 Å². The monoisotopic (exact) mass is 468 g/mol. The highest BCUT2D eigenvalue weighted by Gasteiger charge is 2.11. The molecule has 2 N–H and O–H groups in total. The van der Waals surface area contributed by atoms with Crippen molar-refractivity contribution in [2.75, 3.05) is 25.1 Å². The summed E-state index contributed by atoms with van der Waals surface area (Å²) in [6.45, 7) is 0.666. The molecule has 0 aliphatic heterocycles. The quantitative estimate of drug-likeness (QED) is 0.580. The van der Waals surface area contributed by atoms with Crippen molar-refractivity contribution in [3.8, 4) is 5.75 Å². The molecule has 0 heterocycles. The van der Waals surface area contributed by atoms with E-state index in [0.717, 1.165) is 10.0 Å². The largest absolute Gasteiger partial charge is 0.482 e. The molecule has 0 aliphatic rings. The highest BCUT2D eigenvalue weighted by atomic mass is 79.9. The zero-order valence-electron chi connectivity index (χ0n) is 15.0. The highest BCUT2D eigenvalue weighted by Crippen LogP contribution is 2.22. The third-order valence-corrected chi connectivity index (χ3v) is 4.46. The third-order valence-electron chi connectivity index (χ3n) is 3.52. The average molecular weight is 470 g/mol. The van der Waals surface area contributed by atoms with Crippen molar-refractivity contribution in [3.05, 3.63) is 57.5 Å². The molecular weight excluding hydrogens is 452 g/mol. The van der Waals surface area contributed by atoms with Gasteiger partial charge in [0, 0.05) is 15.2 Å². The molecular formula is C19H18BrClN2O5. The van der Waals surface area contributed by atoms with Crippen molar-refractivity contribution in [2.24, 2.45) is 0 Å². The number of hydrogen-bond acceptors (Lipinski definition) is 5. The van der Waals surface area contributed by atoms with Crippen LogP contribution in [0.15, 0.2) is 46.9 Å². The Balaban J connectivity index is 1.66. The van der Waals surface area contributed by atoms with Gasteiger partial charge in [-0.25, -0.2) is 4.79 Å². The summed E-state index contributed by atoms with van der Waals surface area (Å²) in [6, 6.07) is 12.0. The lowest BCUT2D eigenvalue weighted by molar-refractivity contribution is -0.150. The molecule has 0 fully saturated rings. The van der Waals surface area contributed by atoms with Crippen molar-refractivity contribution in [2.45, 2.75) is 6.92 Å². The van der Waals surface area contributed by atoms with Crippen molar-refractivity contribution < 1.29 is 23.9 Å². The molecule has 2 aromatic rings. The van der Waals surface area contributed by atoms with E-state index in [2.05, 4.69) is 26.6 Å². The number of benzene rings is 2. The molecule has 2 amide bonds. The van der Waals surface area contributed by atoms with Crippen molar-refractivity contribution in [3.63, 3.8) is 0 Å². The van der Waals surface area contributed by atoms with Crippen LogP contribution < -0.4 is 15.4 Å². The second-order valence-corrected chi connectivity index (χ2v) is 6.96. The fourth-order valence-corrected chi connectivity index (χ4v) is 2.47. The van der Waals surface area contributed by atoms with Crippen LogP contribution in [0.25, 0.3) is 0 Å². The minimum Gasteiger partial charge on any atom is -0.482 e. The van der Waals surface area contributed by atoms with Gasteiger partial charge < -0.3 is 20.1 Å². The van der Waals surface area contributed by atoms with Gasteiger partial charge in [0.25, 0.3) is 5.91 Å². The lowest BCUT2D eigenvalue weighted by atomic mass is 10.2. The maximum Gasteiger partial charge on any atom is 0.344 e. The van der Waals surface area contributed by atoms with Gasteiger partial charge in [0.05, 0.1) is 6.54 Å². The van der Waals surface area contributed by atoms with Crippen LogP contribution >= 0.6 is 27.5 Å². The van der Waals surface area contributed by atoms with Gasteiger partial charge in [-0.2, -0.15) is 0 Å². The topological polar surface area (TPSA) is 93.7 Å². The molecule has 9 heteroatoms. The Morgan fingerprint density at radius 1 is 1.04 bits per heavy atom. The van der Waals surface area contributed by atoms with Crippen LogP contribution in [0.5, 0.6) is 5.75 Å². The van der Waals surface area contributed by atoms with Crippen LogP contribution in [-0.4, -0.2) is 37.5 Å². The van der Waals surface area contributed by atoms with E-state index >= 15 is 0 Å². The van der Waals surface area contributed by atoms with Gasteiger partial charge in [-0.1, -0.05) is 33.6 Å². The summed E-state index contributed by atoms with van der Waals surface area (Å²) in [5, 5.41) is 5.54. The van der Waals surface area contributed by atoms with E-state index in [9.17, 15) is 14.4 Å². The van der Waals surface area contributed by atoms with Crippen LogP contribution in [0, 0.1) is 6.92 Å². The fourth-order valence-electron chi connectivity index (χ4n) is 2.03. The summed E-state index contributed by atoms with van der Waals surface area (Å²) in [6.07, 6.45) is 0. The number of amides is 2. The Kier molecular flexibility index (Phi) is 8.28. The summed E-state index contributed by atoms with van der Waals surface area (Å²) in [4.78, 5) is 35.2. The SMILES string of the molecule is Cc1c(Cl)cccc1NC(=O)CNC(=O)COC(=O)COc1ccc(Br)cc1. The predicted octanol–water partition coefficient (Wildman–Crippen LogP) is 3.09. The number of carbonyl (C=O) groups excluding carboxylic acids is 3. The lowest BCUT2D eigenvalue weighted by Crippen LogP contribution is -2.36. The first-order valence-electron chi connectivity index (χ1n) is 8.21. The van der Waals surface area contributed by atoms with E-state index in [0.29, 0.717) is 16.5 Å². The number of hydrogen-bond donors (Lipinski definition) is 2. The van der Waals surface area contributed by atoms with Gasteiger partial charge in [0.2, 0.25) is 5.91 Å². The van der Waals surface area contributed by atoms with Gasteiger partial charge in [-0.05, 0) is 48.9 Å². The molecule has 2 aromatic carbocycles. The molecule has 0 aliphatic carbocycles. The Morgan fingerprint density at radius 3 is 2.46 bits per heavy atom. The second-order valence-electron chi connectivity index (χ2n) is 5.64. The number of rotatable bonds is 8. The van der Waals surface area contributed by atoms with Crippen LogP contribution in [-0.2, 0) is 19.1 Å². The maximum absolute atomic E-state index is 11.9. The number of nitrogens with one attached hydrogen (secondary N) is 2. The van der Waals surface area contributed by atoms with E-state index in [4.69, 9.17) is 21.1 Å². The molecule has 0 unspecified atom stereocenters. The Bertz CT molecular complexity index is 858. The Hall–Kier alpha value is -2.58. The van der Waals surface area contributed by atoms with E-state index in [1.807, 2.05) is 0 Å². The minimum absolute atomic E-state index is 0.266. The molecule has 0 spiro atoms. The number of halogens is 2. The standard InChI is InChI=1S/C19H18BrClN2O5/c1-12-15(21)3-2-4-16(12)23-17(24)9-22-18(25)10-28-19(26)11-27-14-7-5-13(20)6-8-14/h2-8H,9-11H2,1H3,(H,22,25)(H,23,24). The zero-order chi connectivity index (χ0) is 20.5. The molecule has 0 bridgehead atoms. The molecule has 28 heavy (non-hydrogen) atoms. The van der Waals surface area contributed by atoms with Gasteiger partial charge in [0.1, 0.15) is 5.75 Å². The highest BCUT2D eigenvalue weighted by molar-refractivity contribution is 9.10. The van der Waals surface area contributed by atoms with Crippen LogP contribution in [0.4, 0.5) is 5.69 Å². The van der Waals surface area contributed by atoms with Gasteiger partial charge in [0.15, 0.2) is 13.2 Å². The minimum atomic E-state index is -0.697. The average Bonchev–Trinajstić information content (AvgIpc) is 2.68. The van der Waals surface area contributed by atoms with E-state index in [-0.39, 0.29) is 13.2 Å². The first kappa shape index (κ1) is 21.7. The number of anilines is 1. The van der Waals surface area contributed by atoms with Gasteiger partial charge in [-0.15, -0.1) is 0 Å². The molecule has 0 radical (unpaired) electrons. The number of ether oxygens (including phenoxy) is 2. The van der Waals surface area contributed by atoms with Crippen molar-refractivity contribution in [1.29, 1.82) is 0 Å². The lowest BCUT2D eigenvalue weighted by Gasteiger charge is -2.10. The first-order chi connectivity index (χ1) is 13.3. The van der Waals surface area contributed by atoms with E-state index < -0.39 is 24.4 Å². The predicted molar refractivity (Wildman–Crippen MR) is 108 cm³/mol. The third kappa shape index (κ3) is 7.21. The molecule has 2 rings (SSSR count). The second kappa shape index (κ2) is 10.7. The Labute approximate surface area is 175 Å². The zero-order valence-corrected chi connectivity index (χ0v) is 17.3. The van der Waals surface area contributed by atoms with Crippen molar-refractivity contribution in [1.82, 2.24) is 5.32 Å². The van der Waals surface area contributed by atoms with Crippen molar-refractivity contribution >= 4 is 51.0 Å². The summed E-state index contributed by atoms with van der Waals surface area (Å²) >= 11 is 9.28. The molecule has 0 saturated heterocycles. The number of carbonyl (C=O) groups is 3. The summed E-state index contributed by atoms with van der Waals surface area (Å²) in [5.41, 5.74) is 1.28. The fraction of sp³-hybridized carbons (Fsp3) is 0.211. The normalized spacial score (nSPS) is 10.1. The van der Waals surface area contributed by atoms with Gasteiger partial charge >= 0.3 is 5.97 Å². The first-order valence-corrected chi connectivity index (χ1v) is 9.38. The van der Waals surface area contributed by atoms with Crippen LogP contribution in [0.2, 0.25) is 5.02 Å². The van der Waals surface area contributed by atoms with E-state index in [1.54, 1.807) is 49.4 Å².